The van der Waals surface area contributed by atoms with Crippen LogP contribution in [0.1, 0.15) is 30.6 Å². The largest absolute Gasteiger partial charge is 0.207 e. The van der Waals surface area contributed by atoms with E-state index >= 15 is 0 Å². The number of benzene rings is 1. The minimum atomic E-state index is -0.145. The van der Waals surface area contributed by atoms with Crippen molar-refractivity contribution < 1.29 is 4.39 Å². The molecule has 0 fully saturated rings. The quantitative estimate of drug-likeness (QED) is 0.641. The van der Waals surface area contributed by atoms with Crippen molar-refractivity contribution in [3.05, 3.63) is 41.2 Å². The molecule has 1 aromatic heterocycles. The molecule has 0 unspecified atom stereocenters. The van der Waals surface area contributed by atoms with Gasteiger partial charge in [0.15, 0.2) is 0 Å². The standard InChI is InChI=1S/C14H16FS/c1-2-3-4-5-6-14-13-8-7-12(15)9-11(13)10-16-14/h7-10H,1-6H2. The summed E-state index contributed by atoms with van der Waals surface area (Å²) in [7, 11) is 0. The number of aryl methyl sites for hydroxylation is 1. The van der Waals surface area contributed by atoms with E-state index in [2.05, 4.69) is 12.3 Å². The summed E-state index contributed by atoms with van der Waals surface area (Å²) < 4.78 is 13.0. The van der Waals surface area contributed by atoms with Gasteiger partial charge in [0.05, 0.1) is 0 Å². The van der Waals surface area contributed by atoms with Gasteiger partial charge in [-0.1, -0.05) is 32.3 Å². The molecule has 0 bridgehead atoms. The van der Waals surface area contributed by atoms with Crippen molar-refractivity contribution in [1.29, 1.82) is 0 Å². The molecule has 0 spiro atoms. The molecule has 1 radical (unpaired) electrons. The number of unbranched alkanes of at least 4 members (excludes halogenated alkanes) is 3. The monoisotopic (exact) mass is 235 g/mol. The lowest BCUT2D eigenvalue weighted by Crippen LogP contribution is -1.83. The second-order valence-corrected chi connectivity index (χ2v) is 5.02. The van der Waals surface area contributed by atoms with Crippen LogP contribution >= 0.6 is 11.3 Å². The summed E-state index contributed by atoms with van der Waals surface area (Å²) in [5.41, 5.74) is 0. The summed E-state index contributed by atoms with van der Waals surface area (Å²) in [4.78, 5) is 1.39. The maximum absolute atomic E-state index is 13.0. The molecule has 0 aliphatic heterocycles. The maximum atomic E-state index is 13.0. The van der Waals surface area contributed by atoms with Gasteiger partial charge >= 0.3 is 0 Å². The number of hydrogen-bond acceptors (Lipinski definition) is 1. The smallest absolute Gasteiger partial charge is 0.123 e. The fraction of sp³-hybridized carbons (Fsp3) is 0.357. The van der Waals surface area contributed by atoms with Crippen LogP contribution in [0.2, 0.25) is 0 Å². The number of rotatable bonds is 5. The average molecular weight is 235 g/mol. The Morgan fingerprint density at radius 2 is 2.06 bits per heavy atom. The summed E-state index contributed by atoms with van der Waals surface area (Å²) in [6.45, 7) is 3.84. The lowest BCUT2D eigenvalue weighted by Gasteiger charge is -1.99. The minimum Gasteiger partial charge on any atom is -0.207 e. The molecule has 85 valence electrons. The molecule has 0 saturated heterocycles. The van der Waals surface area contributed by atoms with E-state index in [1.54, 1.807) is 23.5 Å². The first-order valence-corrected chi connectivity index (χ1v) is 6.64. The molecule has 0 amide bonds. The molecule has 0 nitrogen and oxygen atoms in total. The van der Waals surface area contributed by atoms with Crippen molar-refractivity contribution >= 4 is 22.1 Å². The first-order chi connectivity index (χ1) is 7.81. The molecule has 0 aliphatic carbocycles. The van der Waals surface area contributed by atoms with E-state index < -0.39 is 0 Å². The fourth-order valence-corrected chi connectivity index (χ4v) is 2.96. The van der Waals surface area contributed by atoms with Crippen LogP contribution in [0.5, 0.6) is 0 Å². The zero-order valence-electron chi connectivity index (χ0n) is 9.34. The van der Waals surface area contributed by atoms with Gasteiger partial charge in [-0.05, 0) is 41.1 Å². The molecule has 0 saturated carbocycles. The van der Waals surface area contributed by atoms with Crippen LogP contribution in [0.15, 0.2) is 23.6 Å². The Labute approximate surface area is 100 Å². The maximum Gasteiger partial charge on any atom is 0.123 e. The molecular weight excluding hydrogens is 219 g/mol. The van der Waals surface area contributed by atoms with Crippen LogP contribution in [-0.2, 0) is 6.42 Å². The highest BCUT2D eigenvalue weighted by atomic mass is 32.1. The first kappa shape index (κ1) is 11.6. The Morgan fingerprint density at radius 3 is 2.88 bits per heavy atom. The van der Waals surface area contributed by atoms with Gasteiger partial charge in [-0.25, -0.2) is 4.39 Å². The van der Waals surface area contributed by atoms with Crippen molar-refractivity contribution in [3.63, 3.8) is 0 Å². The third-order valence-corrected chi connectivity index (χ3v) is 3.88. The summed E-state index contributed by atoms with van der Waals surface area (Å²) in [6, 6.07) is 5.07. The Bertz CT molecular complexity index is 459. The van der Waals surface area contributed by atoms with Crippen molar-refractivity contribution in [1.82, 2.24) is 0 Å². The molecule has 0 aliphatic rings. The SMILES string of the molecule is [CH2]CCCCCc1scc2cc(F)ccc12. The molecular formula is C14H16FS. The van der Waals surface area contributed by atoms with Crippen LogP contribution in [0.25, 0.3) is 10.8 Å². The van der Waals surface area contributed by atoms with Gasteiger partial charge in [0, 0.05) is 4.88 Å². The van der Waals surface area contributed by atoms with E-state index in [1.807, 2.05) is 6.07 Å². The Hall–Kier alpha value is -0.890. The van der Waals surface area contributed by atoms with Crippen LogP contribution in [0.4, 0.5) is 4.39 Å². The molecule has 0 atom stereocenters. The summed E-state index contributed by atoms with van der Waals surface area (Å²) in [6.07, 6.45) is 5.79. The highest BCUT2D eigenvalue weighted by Gasteiger charge is 2.04. The average Bonchev–Trinajstić information content (AvgIpc) is 2.67. The molecule has 1 heterocycles. The topological polar surface area (TPSA) is 0 Å². The van der Waals surface area contributed by atoms with Crippen molar-refractivity contribution in [3.8, 4) is 0 Å². The predicted molar refractivity (Wildman–Crippen MR) is 69.3 cm³/mol. The Morgan fingerprint density at radius 1 is 1.19 bits per heavy atom. The zero-order chi connectivity index (χ0) is 11.4. The second kappa shape index (κ2) is 5.44. The first-order valence-electron chi connectivity index (χ1n) is 5.76. The minimum absolute atomic E-state index is 0.145. The van der Waals surface area contributed by atoms with E-state index in [-0.39, 0.29) is 5.82 Å². The van der Waals surface area contributed by atoms with Gasteiger partial charge < -0.3 is 0 Å². The predicted octanol–water partition coefficient (Wildman–Crippen LogP) is 4.98. The van der Waals surface area contributed by atoms with Gasteiger partial charge in [0.2, 0.25) is 0 Å². The molecule has 2 heteroatoms. The van der Waals surface area contributed by atoms with E-state index in [0.29, 0.717) is 0 Å². The van der Waals surface area contributed by atoms with Gasteiger partial charge in [-0.2, -0.15) is 0 Å². The van der Waals surface area contributed by atoms with Crippen molar-refractivity contribution in [2.45, 2.75) is 32.1 Å². The van der Waals surface area contributed by atoms with Crippen LogP contribution in [-0.4, -0.2) is 0 Å². The summed E-state index contributed by atoms with van der Waals surface area (Å²) in [5.74, 6) is -0.145. The normalized spacial score (nSPS) is 11.1. The summed E-state index contributed by atoms with van der Waals surface area (Å²) in [5, 5.41) is 4.31. The lowest BCUT2D eigenvalue weighted by molar-refractivity contribution is 0.630. The molecule has 1 aromatic carbocycles. The van der Waals surface area contributed by atoms with E-state index in [4.69, 9.17) is 0 Å². The van der Waals surface area contributed by atoms with Crippen molar-refractivity contribution in [2.24, 2.45) is 0 Å². The fourth-order valence-electron chi connectivity index (χ4n) is 1.92. The van der Waals surface area contributed by atoms with E-state index in [1.165, 1.54) is 29.5 Å². The van der Waals surface area contributed by atoms with Crippen LogP contribution in [0.3, 0.4) is 0 Å². The van der Waals surface area contributed by atoms with Gasteiger partial charge in [-0.15, -0.1) is 11.3 Å². The molecule has 2 rings (SSSR count). The van der Waals surface area contributed by atoms with Gasteiger partial charge in [-0.3, -0.25) is 0 Å². The van der Waals surface area contributed by atoms with Crippen LogP contribution in [0, 0.1) is 12.7 Å². The second-order valence-electron chi connectivity index (χ2n) is 4.05. The Balaban J connectivity index is 2.07. The number of hydrogen-bond donors (Lipinski definition) is 0. The number of thiophene rings is 1. The van der Waals surface area contributed by atoms with Gasteiger partial charge in [0.25, 0.3) is 0 Å². The number of fused-ring (bicyclic) bond motifs is 1. The summed E-state index contributed by atoms with van der Waals surface area (Å²) >= 11 is 1.75. The third-order valence-electron chi connectivity index (χ3n) is 2.80. The lowest BCUT2D eigenvalue weighted by atomic mass is 10.1. The Kier molecular flexibility index (Phi) is 3.94. The molecule has 0 N–H and O–H groups in total. The zero-order valence-corrected chi connectivity index (χ0v) is 10.2. The van der Waals surface area contributed by atoms with Gasteiger partial charge in [0.1, 0.15) is 5.82 Å². The van der Waals surface area contributed by atoms with Crippen LogP contribution < -0.4 is 0 Å². The highest BCUT2D eigenvalue weighted by molar-refractivity contribution is 7.11. The highest BCUT2D eigenvalue weighted by Crippen LogP contribution is 2.27. The van der Waals surface area contributed by atoms with E-state index in [0.717, 1.165) is 18.2 Å². The molecule has 2 aromatic rings. The number of halogens is 1. The van der Waals surface area contributed by atoms with Crippen molar-refractivity contribution in [2.75, 3.05) is 0 Å². The van der Waals surface area contributed by atoms with E-state index in [9.17, 15) is 4.39 Å². The third kappa shape index (κ3) is 2.62. The molecule has 16 heavy (non-hydrogen) atoms.